The molecule has 0 aliphatic heterocycles. The third-order valence-electron chi connectivity index (χ3n) is 1.88. The summed E-state index contributed by atoms with van der Waals surface area (Å²) in [6, 6.07) is 3.46. The van der Waals surface area contributed by atoms with Gasteiger partial charge in [-0.3, -0.25) is 0 Å². The summed E-state index contributed by atoms with van der Waals surface area (Å²) in [5, 5.41) is 12.4. The predicted molar refractivity (Wildman–Crippen MR) is 56.5 cm³/mol. The highest BCUT2D eigenvalue weighted by Gasteiger charge is 2.21. The molecule has 2 heterocycles. The normalized spacial score (nSPS) is 10.5. The number of hydrogen-bond acceptors (Lipinski definition) is 4. The lowest BCUT2D eigenvalue weighted by atomic mass is 10.1. The maximum absolute atomic E-state index is 10.9. The molecule has 0 saturated heterocycles. The molecule has 0 aliphatic rings. The Bertz CT molecular complexity index is 517. The molecule has 0 atom stereocenters. The van der Waals surface area contributed by atoms with Crippen LogP contribution in [0.25, 0.3) is 10.4 Å². The van der Waals surface area contributed by atoms with Crippen LogP contribution in [0.15, 0.2) is 16.7 Å². The summed E-state index contributed by atoms with van der Waals surface area (Å²) in [6.07, 6.45) is 0. The molecule has 0 aliphatic carbocycles. The van der Waals surface area contributed by atoms with Crippen molar-refractivity contribution in [3.05, 3.63) is 27.9 Å². The second-order valence-corrected chi connectivity index (χ2v) is 4.59. The van der Waals surface area contributed by atoms with Crippen LogP contribution in [0.5, 0.6) is 0 Å². The molecular formula is C9H6ClNO3S. The van der Waals surface area contributed by atoms with Gasteiger partial charge < -0.3 is 9.63 Å². The number of hydrogen-bond donors (Lipinski definition) is 1. The molecule has 2 rings (SSSR count). The number of nitrogens with zero attached hydrogens (tertiary/aromatic N) is 1. The smallest absolute Gasteiger partial charge is 0.358 e. The van der Waals surface area contributed by atoms with Crippen molar-refractivity contribution in [3.63, 3.8) is 0 Å². The topological polar surface area (TPSA) is 63.3 Å². The number of carboxylic acid groups (broad SMARTS) is 1. The van der Waals surface area contributed by atoms with Gasteiger partial charge in [-0.1, -0.05) is 16.8 Å². The first kappa shape index (κ1) is 10.2. The lowest BCUT2D eigenvalue weighted by Gasteiger charge is -1.93. The van der Waals surface area contributed by atoms with E-state index in [9.17, 15) is 4.79 Å². The van der Waals surface area contributed by atoms with Gasteiger partial charge in [-0.2, -0.15) is 0 Å². The Hall–Kier alpha value is -1.33. The van der Waals surface area contributed by atoms with Crippen molar-refractivity contribution in [1.82, 2.24) is 5.16 Å². The fourth-order valence-corrected chi connectivity index (χ4v) is 2.39. The summed E-state index contributed by atoms with van der Waals surface area (Å²) in [5.74, 6) is -0.628. The minimum absolute atomic E-state index is 0.0778. The molecule has 15 heavy (non-hydrogen) atoms. The van der Waals surface area contributed by atoms with Crippen LogP contribution < -0.4 is 0 Å². The number of carboxylic acids is 1. The summed E-state index contributed by atoms with van der Waals surface area (Å²) in [5.41, 5.74) is 0.422. The average Bonchev–Trinajstić information content (AvgIpc) is 2.71. The maximum atomic E-state index is 10.9. The number of halogens is 1. The van der Waals surface area contributed by atoms with Gasteiger partial charge in [0.1, 0.15) is 5.76 Å². The molecule has 0 bridgehead atoms. The monoisotopic (exact) mass is 243 g/mol. The van der Waals surface area contributed by atoms with E-state index >= 15 is 0 Å². The van der Waals surface area contributed by atoms with Gasteiger partial charge in [0.15, 0.2) is 5.69 Å². The van der Waals surface area contributed by atoms with E-state index in [4.69, 9.17) is 21.2 Å². The maximum Gasteiger partial charge on any atom is 0.358 e. The highest BCUT2D eigenvalue weighted by molar-refractivity contribution is 7.19. The molecule has 2 aromatic heterocycles. The number of aromatic nitrogens is 1. The van der Waals surface area contributed by atoms with Crippen LogP contribution in [-0.2, 0) is 0 Å². The largest absolute Gasteiger partial charge is 0.476 e. The quantitative estimate of drug-likeness (QED) is 0.881. The molecule has 6 heteroatoms. The molecule has 1 N–H and O–H groups in total. The van der Waals surface area contributed by atoms with E-state index in [1.807, 2.05) is 0 Å². The molecule has 0 spiro atoms. The van der Waals surface area contributed by atoms with E-state index in [2.05, 4.69) is 5.16 Å². The van der Waals surface area contributed by atoms with Crippen LogP contribution in [0.4, 0.5) is 0 Å². The van der Waals surface area contributed by atoms with Crippen molar-refractivity contribution in [2.75, 3.05) is 0 Å². The molecule has 4 nitrogen and oxygen atoms in total. The van der Waals surface area contributed by atoms with E-state index in [0.717, 1.165) is 4.88 Å². The van der Waals surface area contributed by atoms with Crippen molar-refractivity contribution in [2.45, 2.75) is 6.92 Å². The van der Waals surface area contributed by atoms with Crippen LogP contribution in [0, 0.1) is 6.92 Å². The lowest BCUT2D eigenvalue weighted by molar-refractivity contribution is 0.0686. The number of rotatable bonds is 2. The van der Waals surface area contributed by atoms with Crippen molar-refractivity contribution >= 4 is 28.9 Å². The second-order valence-electron chi connectivity index (χ2n) is 2.87. The standard InChI is InChI=1S/C9H6ClNO3S/c1-4-7(5-2-3-6(10)15-5)8(9(12)13)11-14-4/h2-3H,1H3,(H,12,13). The SMILES string of the molecule is Cc1onc(C(=O)O)c1-c1ccc(Cl)s1. The number of aromatic carboxylic acids is 1. The average molecular weight is 244 g/mol. The summed E-state index contributed by atoms with van der Waals surface area (Å²) in [4.78, 5) is 11.6. The first-order chi connectivity index (χ1) is 7.09. The van der Waals surface area contributed by atoms with Gasteiger partial charge >= 0.3 is 5.97 Å². The minimum Gasteiger partial charge on any atom is -0.476 e. The molecule has 0 aromatic carbocycles. The molecular weight excluding hydrogens is 238 g/mol. The van der Waals surface area contributed by atoms with E-state index in [-0.39, 0.29) is 5.69 Å². The van der Waals surface area contributed by atoms with Crippen molar-refractivity contribution < 1.29 is 14.4 Å². The number of thiophene rings is 1. The Labute approximate surface area is 94.1 Å². The Morgan fingerprint density at radius 2 is 2.33 bits per heavy atom. The third-order valence-corrected chi connectivity index (χ3v) is 3.13. The Balaban J connectivity index is 2.60. The zero-order valence-electron chi connectivity index (χ0n) is 7.65. The van der Waals surface area contributed by atoms with Gasteiger partial charge in [0.05, 0.1) is 9.90 Å². The van der Waals surface area contributed by atoms with Crippen molar-refractivity contribution in [2.24, 2.45) is 0 Å². The highest BCUT2D eigenvalue weighted by Crippen LogP contribution is 2.35. The van der Waals surface area contributed by atoms with E-state index in [1.165, 1.54) is 11.3 Å². The Kier molecular flexibility index (Phi) is 2.50. The Morgan fingerprint density at radius 1 is 1.60 bits per heavy atom. The van der Waals surface area contributed by atoms with Crippen molar-refractivity contribution in [1.29, 1.82) is 0 Å². The summed E-state index contributed by atoms with van der Waals surface area (Å²) < 4.78 is 5.45. The molecule has 0 radical (unpaired) electrons. The molecule has 0 fully saturated rings. The summed E-state index contributed by atoms with van der Waals surface area (Å²) in [6.45, 7) is 1.67. The predicted octanol–water partition coefficient (Wildman–Crippen LogP) is 3.06. The molecule has 0 unspecified atom stereocenters. The molecule has 0 amide bonds. The summed E-state index contributed by atoms with van der Waals surface area (Å²) >= 11 is 7.07. The van der Waals surface area contributed by atoms with E-state index in [0.29, 0.717) is 15.7 Å². The van der Waals surface area contributed by atoms with Gasteiger partial charge in [0, 0.05) is 4.88 Å². The van der Waals surface area contributed by atoms with Crippen LogP contribution in [0.1, 0.15) is 16.2 Å². The zero-order chi connectivity index (χ0) is 11.0. The van der Waals surface area contributed by atoms with Crippen LogP contribution in [-0.4, -0.2) is 16.2 Å². The number of aryl methyl sites for hydroxylation is 1. The first-order valence-corrected chi connectivity index (χ1v) is 5.24. The van der Waals surface area contributed by atoms with Crippen molar-refractivity contribution in [3.8, 4) is 10.4 Å². The Morgan fingerprint density at radius 3 is 2.87 bits per heavy atom. The first-order valence-electron chi connectivity index (χ1n) is 4.05. The van der Waals surface area contributed by atoms with Gasteiger partial charge in [-0.25, -0.2) is 4.79 Å². The molecule has 78 valence electrons. The number of carbonyl (C=O) groups is 1. The highest BCUT2D eigenvalue weighted by atomic mass is 35.5. The second kappa shape index (κ2) is 3.67. The van der Waals surface area contributed by atoms with Crippen LogP contribution in [0.3, 0.4) is 0 Å². The van der Waals surface area contributed by atoms with E-state index in [1.54, 1.807) is 19.1 Å². The fourth-order valence-electron chi connectivity index (χ4n) is 1.26. The third kappa shape index (κ3) is 1.75. The van der Waals surface area contributed by atoms with Crippen LogP contribution in [0.2, 0.25) is 4.34 Å². The van der Waals surface area contributed by atoms with Crippen LogP contribution >= 0.6 is 22.9 Å². The molecule has 0 saturated carbocycles. The molecule has 2 aromatic rings. The van der Waals surface area contributed by atoms with Gasteiger partial charge in [0.25, 0.3) is 0 Å². The summed E-state index contributed by atoms with van der Waals surface area (Å²) in [7, 11) is 0. The van der Waals surface area contributed by atoms with E-state index < -0.39 is 5.97 Å². The van der Waals surface area contributed by atoms with Gasteiger partial charge in [-0.15, -0.1) is 11.3 Å². The zero-order valence-corrected chi connectivity index (χ0v) is 9.22. The van der Waals surface area contributed by atoms with Gasteiger partial charge in [-0.05, 0) is 19.1 Å². The minimum atomic E-state index is -1.11. The lowest BCUT2D eigenvalue weighted by Crippen LogP contribution is -1.98. The van der Waals surface area contributed by atoms with Gasteiger partial charge in [0.2, 0.25) is 0 Å². The fraction of sp³-hybridized carbons (Fsp3) is 0.111.